The molecule has 96 valence electrons. The minimum atomic E-state index is -0.319. The smallest absolute Gasteiger partial charge is 0.349 e. The molecule has 0 aliphatic carbocycles. The molecular weight excluding hydrogens is 256 g/mol. The molecule has 6 heteroatoms. The average Bonchev–Trinajstić information content (AvgIpc) is 2.83. The number of esters is 1. The van der Waals surface area contributed by atoms with Gasteiger partial charge in [-0.05, 0) is 12.7 Å². The predicted molar refractivity (Wildman–Crippen MR) is 74.3 cm³/mol. The minimum absolute atomic E-state index is 0.319. The summed E-state index contributed by atoms with van der Waals surface area (Å²) in [6.45, 7) is 2.16. The highest BCUT2D eigenvalue weighted by Crippen LogP contribution is 2.25. The molecular formula is C11H18N2O2S2. The molecule has 0 spiro atoms. The lowest BCUT2D eigenvalue weighted by molar-refractivity contribution is 0.0606. The first-order valence-electron chi connectivity index (χ1n) is 5.39. The molecule has 1 heterocycles. The number of carbonyl (C=O) groups excluding carboxylic acids is 1. The van der Waals surface area contributed by atoms with Crippen LogP contribution in [0.2, 0.25) is 0 Å². The van der Waals surface area contributed by atoms with Crippen LogP contribution in [0.25, 0.3) is 0 Å². The lowest BCUT2D eigenvalue weighted by Crippen LogP contribution is -2.32. The molecule has 0 N–H and O–H groups in total. The molecule has 1 unspecified atom stereocenters. The molecule has 1 rings (SSSR count). The number of methoxy groups -OCH3 is 1. The molecule has 1 aromatic heterocycles. The summed E-state index contributed by atoms with van der Waals surface area (Å²) in [5.41, 5.74) is 0. The van der Waals surface area contributed by atoms with Crippen LogP contribution in [0.5, 0.6) is 0 Å². The van der Waals surface area contributed by atoms with Crippen molar-refractivity contribution >= 4 is 34.2 Å². The summed E-state index contributed by atoms with van der Waals surface area (Å²) >= 11 is 3.19. The van der Waals surface area contributed by atoms with E-state index in [0.29, 0.717) is 10.9 Å². The van der Waals surface area contributed by atoms with E-state index in [1.54, 1.807) is 6.20 Å². The normalized spacial score (nSPS) is 12.2. The molecule has 0 radical (unpaired) electrons. The fourth-order valence-corrected chi connectivity index (χ4v) is 3.19. The summed E-state index contributed by atoms with van der Waals surface area (Å²) in [6.07, 6.45) is 4.73. The van der Waals surface area contributed by atoms with Crippen molar-refractivity contribution in [2.24, 2.45) is 0 Å². The average molecular weight is 274 g/mol. The number of nitrogens with zero attached hydrogens (tertiary/aromatic N) is 2. The van der Waals surface area contributed by atoms with Gasteiger partial charge in [0.2, 0.25) is 0 Å². The van der Waals surface area contributed by atoms with Gasteiger partial charge in [0.05, 0.1) is 13.3 Å². The Balaban J connectivity index is 2.77. The molecule has 0 fully saturated rings. The number of hydrogen-bond acceptors (Lipinski definition) is 6. The fraction of sp³-hybridized carbons (Fsp3) is 0.636. The van der Waals surface area contributed by atoms with Crippen molar-refractivity contribution in [1.82, 2.24) is 4.98 Å². The van der Waals surface area contributed by atoms with E-state index in [9.17, 15) is 4.79 Å². The van der Waals surface area contributed by atoms with Gasteiger partial charge in [0.15, 0.2) is 5.13 Å². The number of thioether (sulfide) groups is 1. The van der Waals surface area contributed by atoms with Crippen LogP contribution >= 0.6 is 23.1 Å². The fourth-order valence-electron chi connectivity index (χ4n) is 1.48. The van der Waals surface area contributed by atoms with Gasteiger partial charge >= 0.3 is 5.97 Å². The van der Waals surface area contributed by atoms with Crippen molar-refractivity contribution in [3.05, 3.63) is 11.1 Å². The van der Waals surface area contributed by atoms with Gasteiger partial charge in [-0.25, -0.2) is 9.78 Å². The molecule has 4 nitrogen and oxygen atoms in total. The van der Waals surface area contributed by atoms with Crippen molar-refractivity contribution < 1.29 is 9.53 Å². The van der Waals surface area contributed by atoms with Gasteiger partial charge in [-0.15, -0.1) is 0 Å². The quantitative estimate of drug-likeness (QED) is 0.746. The Morgan fingerprint density at radius 1 is 1.71 bits per heavy atom. The van der Waals surface area contributed by atoms with Gasteiger partial charge in [0, 0.05) is 18.8 Å². The van der Waals surface area contributed by atoms with Gasteiger partial charge in [-0.2, -0.15) is 11.8 Å². The van der Waals surface area contributed by atoms with Gasteiger partial charge < -0.3 is 9.64 Å². The summed E-state index contributed by atoms with van der Waals surface area (Å²) in [5.74, 6) is 0.736. The van der Waals surface area contributed by atoms with Gasteiger partial charge in [0.25, 0.3) is 0 Å². The zero-order chi connectivity index (χ0) is 12.8. The van der Waals surface area contributed by atoms with Crippen LogP contribution in [-0.2, 0) is 4.74 Å². The molecule has 0 saturated heterocycles. The Morgan fingerprint density at radius 3 is 2.94 bits per heavy atom. The van der Waals surface area contributed by atoms with Gasteiger partial charge in [-0.1, -0.05) is 18.3 Å². The van der Waals surface area contributed by atoms with E-state index >= 15 is 0 Å². The Morgan fingerprint density at radius 2 is 2.41 bits per heavy atom. The Labute approximate surface area is 110 Å². The van der Waals surface area contributed by atoms with Crippen molar-refractivity contribution in [3.63, 3.8) is 0 Å². The maximum Gasteiger partial charge on any atom is 0.349 e. The monoisotopic (exact) mass is 274 g/mol. The van der Waals surface area contributed by atoms with Crippen molar-refractivity contribution in [1.29, 1.82) is 0 Å². The Kier molecular flexibility index (Phi) is 5.77. The minimum Gasteiger partial charge on any atom is -0.465 e. The van der Waals surface area contributed by atoms with E-state index in [4.69, 9.17) is 0 Å². The first kappa shape index (κ1) is 14.3. The molecule has 1 atom stereocenters. The summed E-state index contributed by atoms with van der Waals surface area (Å²) in [4.78, 5) is 18.3. The molecule has 17 heavy (non-hydrogen) atoms. The zero-order valence-electron chi connectivity index (χ0n) is 10.6. The molecule has 0 bridgehead atoms. The number of hydrogen-bond donors (Lipinski definition) is 0. The number of carbonyl (C=O) groups is 1. The second kappa shape index (κ2) is 6.86. The van der Waals surface area contributed by atoms with Crippen LogP contribution in [0.15, 0.2) is 6.20 Å². The highest BCUT2D eigenvalue weighted by atomic mass is 32.2. The van der Waals surface area contributed by atoms with Gasteiger partial charge in [0.1, 0.15) is 4.88 Å². The Bertz CT molecular complexity index is 368. The largest absolute Gasteiger partial charge is 0.465 e. The van der Waals surface area contributed by atoms with E-state index in [2.05, 4.69) is 27.8 Å². The molecule has 0 amide bonds. The van der Waals surface area contributed by atoms with Crippen LogP contribution in [0.4, 0.5) is 5.13 Å². The van der Waals surface area contributed by atoms with Crippen LogP contribution in [0, 0.1) is 0 Å². The second-order valence-electron chi connectivity index (χ2n) is 3.63. The number of rotatable bonds is 6. The zero-order valence-corrected chi connectivity index (χ0v) is 12.2. The number of ether oxygens (including phenoxy) is 1. The second-order valence-corrected chi connectivity index (χ2v) is 5.55. The third kappa shape index (κ3) is 3.61. The summed E-state index contributed by atoms with van der Waals surface area (Å²) < 4.78 is 4.67. The Hall–Kier alpha value is -0.750. The lowest BCUT2D eigenvalue weighted by atomic mass is 10.2. The van der Waals surface area contributed by atoms with Crippen LogP contribution in [-0.4, -0.2) is 43.2 Å². The van der Waals surface area contributed by atoms with Crippen LogP contribution in [0.3, 0.4) is 0 Å². The van der Waals surface area contributed by atoms with E-state index in [1.807, 2.05) is 18.8 Å². The number of thiazole rings is 1. The summed E-state index contributed by atoms with van der Waals surface area (Å²) in [5, 5.41) is 0.867. The van der Waals surface area contributed by atoms with Crippen LogP contribution < -0.4 is 4.90 Å². The number of aromatic nitrogens is 1. The van der Waals surface area contributed by atoms with E-state index in [-0.39, 0.29) is 5.97 Å². The first-order valence-corrected chi connectivity index (χ1v) is 7.61. The molecule has 1 aromatic rings. The third-order valence-corrected chi connectivity index (χ3v) is 4.35. The summed E-state index contributed by atoms with van der Waals surface area (Å²) in [6, 6.07) is 0.446. The topological polar surface area (TPSA) is 42.4 Å². The SMILES string of the molecule is CCC(CSC)N(C)c1ncc(C(=O)OC)s1. The van der Waals surface area contributed by atoms with Crippen molar-refractivity contribution in [2.75, 3.05) is 31.1 Å². The van der Waals surface area contributed by atoms with Gasteiger partial charge in [-0.3, -0.25) is 0 Å². The van der Waals surface area contributed by atoms with E-state index in [1.165, 1.54) is 18.4 Å². The highest BCUT2D eigenvalue weighted by molar-refractivity contribution is 7.98. The number of anilines is 1. The molecule has 0 aliphatic heterocycles. The maximum absolute atomic E-state index is 11.3. The van der Waals surface area contributed by atoms with Crippen molar-refractivity contribution in [2.45, 2.75) is 19.4 Å². The molecule has 0 aromatic carbocycles. The predicted octanol–water partition coefficient (Wildman–Crippen LogP) is 2.51. The maximum atomic E-state index is 11.3. The highest BCUT2D eigenvalue weighted by Gasteiger charge is 2.18. The molecule has 0 aliphatic rings. The third-order valence-electron chi connectivity index (χ3n) is 2.56. The van der Waals surface area contributed by atoms with E-state index in [0.717, 1.165) is 17.3 Å². The summed E-state index contributed by atoms with van der Waals surface area (Å²) in [7, 11) is 3.40. The lowest BCUT2D eigenvalue weighted by Gasteiger charge is -2.25. The van der Waals surface area contributed by atoms with Crippen LogP contribution in [0.1, 0.15) is 23.0 Å². The van der Waals surface area contributed by atoms with E-state index < -0.39 is 0 Å². The first-order chi connectivity index (χ1) is 8.13. The standard InChI is InChI=1S/C11H18N2O2S2/c1-5-8(7-16-4)13(2)11-12-6-9(17-11)10(14)15-3/h6,8H,5,7H2,1-4H3. The molecule has 0 saturated carbocycles. The van der Waals surface area contributed by atoms with Crippen molar-refractivity contribution in [3.8, 4) is 0 Å².